The van der Waals surface area contributed by atoms with Crippen molar-refractivity contribution in [2.24, 2.45) is 0 Å². The van der Waals surface area contributed by atoms with Crippen molar-refractivity contribution in [3.05, 3.63) is 48.2 Å². The molecule has 1 saturated carbocycles. The molecular weight excluding hydrogens is 276 g/mol. The van der Waals surface area contributed by atoms with E-state index in [1.165, 1.54) is 0 Å². The number of benzene rings is 1. The maximum atomic E-state index is 12.0. The van der Waals surface area contributed by atoms with Gasteiger partial charge in [-0.3, -0.25) is 9.78 Å². The van der Waals surface area contributed by atoms with E-state index in [4.69, 9.17) is 0 Å². The van der Waals surface area contributed by atoms with Crippen molar-refractivity contribution in [3.8, 4) is 0 Å². The van der Waals surface area contributed by atoms with Crippen LogP contribution < -0.4 is 5.32 Å². The molecule has 2 aromatic rings. The molecular formula is C18H20N2O2. The maximum Gasteiger partial charge on any atom is 0.244 e. The zero-order valence-corrected chi connectivity index (χ0v) is 12.4. The van der Waals surface area contributed by atoms with Crippen LogP contribution in [0.1, 0.15) is 31.2 Å². The summed E-state index contributed by atoms with van der Waals surface area (Å²) in [6.07, 6.45) is 8.18. The van der Waals surface area contributed by atoms with Gasteiger partial charge in [0, 0.05) is 23.7 Å². The van der Waals surface area contributed by atoms with E-state index in [-0.39, 0.29) is 18.1 Å². The predicted molar refractivity (Wildman–Crippen MR) is 87.2 cm³/mol. The van der Waals surface area contributed by atoms with Gasteiger partial charge in [-0.15, -0.1) is 0 Å². The molecule has 22 heavy (non-hydrogen) atoms. The number of para-hydroxylation sites is 1. The van der Waals surface area contributed by atoms with E-state index in [1.54, 1.807) is 12.3 Å². The highest BCUT2D eigenvalue weighted by Gasteiger charge is 2.19. The largest absolute Gasteiger partial charge is 0.393 e. The quantitative estimate of drug-likeness (QED) is 0.856. The zero-order valence-electron chi connectivity index (χ0n) is 12.4. The Morgan fingerprint density at radius 2 is 1.95 bits per heavy atom. The summed E-state index contributed by atoms with van der Waals surface area (Å²) in [6.45, 7) is 0. The van der Waals surface area contributed by atoms with Crippen LogP contribution in [-0.2, 0) is 4.79 Å². The van der Waals surface area contributed by atoms with Crippen molar-refractivity contribution < 1.29 is 9.90 Å². The van der Waals surface area contributed by atoms with E-state index in [1.807, 2.05) is 36.4 Å². The number of rotatable bonds is 3. The first-order valence-electron chi connectivity index (χ1n) is 7.73. The van der Waals surface area contributed by atoms with Gasteiger partial charge in [-0.1, -0.05) is 18.2 Å². The predicted octanol–water partition coefficient (Wildman–Crippen LogP) is 2.67. The van der Waals surface area contributed by atoms with Crippen LogP contribution in [-0.4, -0.2) is 28.1 Å². The number of hydrogen-bond acceptors (Lipinski definition) is 3. The summed E-state index contributed by atoms with van der Waals surface area (Å²) in [5, 5.41) is 13.5. The highest BCUT2D eigenvalue weighted by Crippen LogP contribution is 2.19. The molecule has 2 N–H and O–H groups in total. The van der Waals surface area contributed by atoms with Crippen LogP contribution in [0.3, 0.4) is 0 Å². The Kier molecular flexibility index (Phi) is 4.49. The number of nitrogens with zero attached hydrogens (tertiary/aromatic N) is 1. The smallest absolute Gasteiger partial charge is 0.244 e. The Bertz CT molecular complexity index is 683. The molecule has 0 atom stereocenters. The second-order valence-corrected chi connectivity index (χ2v) is 5.76. The normalized spacial score (nSPS) is 22.0. The van der Waals surface area contributed by atoms with Crippen LogP contribution in [0.15, 0.2) is 42.6 Å². The van der Waals surface area contributed by atoms with Crippen molar-refractivity contribution in [2.45, 2.75) is 37.8 Å². The van der Waals surface area contributed by atoms with Crippen molar-refractivity contribution in [1.82, 2.24) is 10.3 Å². The van der Waals surface area contributed by atoms with E-state index in [0.29, 0.717) is 0 Å². The molecule has 0 unspecified atom stereocenters. The number of carbonyl (C=O) groups excluding carboxylic acids is 1. The molecule has 1 heterocycles. The van der Waals surface area contributed by atoms with Crippen molar-refractivity contribution in [1.29, 1.82) is 0 Å². The second-order valence-electron chi connectivity index (χ2n) is 5.76. The first kappa shape index (κ1) is 14.7. The SMILES string of the molecule is O=C(C=Cc1ccnc2ccccc12)NC1CCC(O)CC1. The van der Waals surface area contributed by atoms with Gasteiger partial charge in [0.2, 0.25) is 5.91 Å². The third-order valence-electron chi connectivity index (χ3n) is 4.14. The number of nitrogens with one attached hydrogen (secondary N) is 1. The lowest BCUT2D eigenvalue weighted by Crippen LogP contribution is -2.37. The summed E-state index contributed by atoms with van der Waals surface area (Å²) in [6, 6.07) is 9.96. The Labute approximate surface area is 129 Å². The average Bonchev–Trinajstić information content (AvgIpc) is 2.55. The summed E-state index contributed by atoms with van der Waals surface area (Å²) in [4.78, 5) is 16.3. The van der Waals surface area contributed by atoms with Crippen LogP contribution in [0.2, 0.25) is 0 Å². The fourth-order valence-corrected chi connectivity index (χ4v) is 2.90. The monoisotopic (exact) mass is 296 g/mol. The average molecular weight is 296 g/mol. The minimum absolute atomic E-state index is 0.0812. The van der Waals surface area contributed by atoms with Gasteiger partial charge < -0.3 is 10.4 Å². The number of pyridine rings is 1. The lowest BCUT2D eigenvalue weighted by molar-refractivity contribution is -0.117. The van der Waals surface area contributed by atoms with Crippen LogP contribution >= 0.6 is 0 Å². The third kappa shape index (κ3) is 3.52. The van der Waals surface area contributed by atoms with Gasteiger partial charge in [0.25, 0.3) is 0 Å². The van der Waals surface area contributed by atoms with Crippen LogP contribution in [0.25, 0.3) is 17.0 Å². The van der Waals surface area contributed by atoms with Gasteiger partial charge in [0.15, 0.2) is 0 Å². The molecule has 0 saturated heterocycles. The van der Waals surface area contributed by atoms with Gasteiger partial charge in [0.05, 0.1) is 11.6 Å². The molecule has 1 amide bonds. The molecule has 4 heteroatoms. The minimum Gasteiger partial charge on any atom is -0.393 e. The summed E-state index contributed by atoms with van der Waals surface area (Å²) >= 11 is 0. The van der Waals surface area contributed by atoms with Crippen LogP contribution in [0, 0.1) is 0 Å². The number of hydrogen-bond donors (Lipinski definition) is 2. The fraction of sp³-hybridized carbons (Fsp3) is 0.333. The summed E-state index contributed by atoms with van der Waals surface area (Å²) in [7, 11) is 0. The molecule has 0 bridgehead atoms. The molecule has 1 aromatic carbocycles. The summed E-state index contributed by atoms with van der Waals surface area (Å²) in [5.74, 6) is -0.0812. The van der Waals surface area contributed by atoms with E-state index in [9.17, 15) is 9.90 Å². The molecule has 1 aliphatic rings. The number of carbonyl (C=O) groups is 1. The zero-order chi connectivity index (χ0) is 15.4. The van der Waals surface area contributed by atoms with E-state index in [0.717, 1.165) is 42.1 Å². The first-order valence-corrected chi connectivity index (χ1v) is 7.73. The third-order valence-corrected chi connectivity index (χ3v) is 4.14. The van der Waals surface area contributed by atoms with Crippen LogP contribution in [0.5, 0.6) is 0 Å². The van der Waals surface area contributed by atoms with Gasteiger partial charge in [0.1, 0.15) is 0 Å². The lowest BCUT2D eigenvalue weighted by atomic mass is 9.93. The molecule has 4 nitrogen and oxygen atoms in total. The highest BCUT2D eigenvalue weighted by atomic mass is 16.3. The molecule has 0 aliphatic heterocycles. The molecule has 1 fully saturated rings. The maximum absolute atomic E-state index is 12.0. The van der Waals surface area contributed by atoms with E-state index < -0.39 is 0 Å². The number of aliphatic hydroxyl groups is 1. The Morgan fingerprint density at radius 1 is 1.18 bits per heavy atom. The lowest BCUT2D eigenvalue weighted by Gasteiger charge is -2.25. The highest BCUT2D eigenvalue weighted by molar-refractivity contribution is 5.95. The summed E-state index contributed by atoms with van der Waals surface area (Å²) in [5.41, 5.74) is 1.91. The molecule has 3 rings (SSSR count). The number of aliphatic hydroxyl groups excluding tert-OH is 1. The molecule has 1 aliphatic carbocycles. The molecule has 114 valence electrons. The van der Waals surface area contributed by atoms with Gasteiger partial charge in [-0.25, -0.2) is 0 Å². The minimum atomic E-state index is -0.202. The standard InChI is InChI=1S/C18H20N2O2/c21-15-8-6-14(7-9-15)20-18(22)10-5-13-11-12-19-17-4-2-1-3-16(13)17/h1-5,10-12,14-15,21H,6-9H2,(H,20,22). The Morgan fingerprint density at radius 3 is 2.77 bits per heavy atom. The number of aromatic nitrogens is 1. The Hall–Kier alpha value is -2.20. The Balaban J connectivity index is 1.66. The first-order chi connectivity index (χ1) is 10.7. The van der Waals surface area contributed by atoms with Gasteiger partial charge in [-0.2, -0.15) is 0 Å². The summed E-state index contributed by atoms with van der Waals surface area (Å²) < 4.78 is 0. The number of fused-ring (bicyclic) bond motifs is 1. The van der Waals surface area contributed by atoms with Gasteiger partial charge in [-0.05, 0) is 49.5 Å². The van der Waals surface area contributed by atoms with Crippen molar-refractivity contribution in [2.75, 3.05) is 0 Å². The van der Waals surface area contributed by atoms with Crippen molar-refractivity contribution in [3.63, 3.8) is 0 Å². The number of amides is 1. The van der Waals surface area contributed by atoms with Crippen LogP contribution in [0.4, 0.5) is 0 Å². The molecule has 1 aromatic heterocycles. The second kappa shape index (κ2) is 6.71. The molecule has 0 spiro atoms. The van der Waals surface area contributed by atoms with Gasteiger partial charge >= 0.3 is 0 Å². The topological polar surface area (TPSA) is 62.2 Å². The molecule has 0 radical (unpaired) electrons. The van der Waals surface area contributed by atoms with Crippen molar-refractivity contribution >= 4 is 22.9 Å². The van der Waals surface area contributed by atoms with E-state index in [2.05, 4.69) is 10.3 Å². The fourth-order valence-electron chi connectivity index (χ4n) is 2.90. The van der Waals surface area contributed by atoms with E-state index >= 15 is 0 Å².